The molecule has 1 saturated heterocycles. The highest BCUT2D eigenvalue weighted by Crippen LogP contribution is 2.35. The van der Waals surface area contributed by atoms with Crippen LogP contribution in [0.2, 0.25) is 5.02 Å². The summed E-state index contributed by atoms with van der Waals surface area (Å²) in [6.07, 6.45) is 3.71. The second-order valence-electron chi connectivity index (χ2n) is 5.23. The van der Waals surface area contributed by atoms with Crippen LogP contribution in [-0.4, -0.2) is 39.3 Å². The molecule has 0 bridgehead atoms. The molecule has 0 N–H and O–H groups in total. The van der Waals surface area contributed by atoms with Crippen LogP contribution in [0.4, 0.5) is 0 Å². The Morgan fingerprint density at radius 1 is 1.45 bits per heavy atom. The third kappa shape index (κ3) is 2.98. The second-order valence-corrected chi connectivity index (χ2v) is 5.64. The minimum Gasteiger partial charge on any atom is -0.463 e. The number of aromatic nitrogens is 3. The first-order chi connectivity index (χ1) is 10.7. The summed E-state index contributed by atoms with van der Waals surface area (Å²) in [5, 5.41) is 4.94. The van der Waals surface area contributed by atoms with Crippen molar-refractivity contribution in [1.82, 2.24) is 19.7 Å². The Morgan fingerprint density at radius 3 is 3.05 bits per heavy atom. The van der Waals surface area contributed by atoms with E-state index in [2.05, 4.69) is 25.8 Å². The van der Waals surface area contributed by atoms with Gasteiger partial charge in [0.25, 0.3) is 5.82 Å². The lowest BCUT2D eigenvalue weighted by molar-refractivity contribution is 0.0585. The zero-order chi connectivity index (χ0) is 15.5. The maximum absolute atomic E-state index is 11.4. The Bertz CT molecular complexity index is 673. The summed E-state index contributed by atoms with van der Waals surface area (Å²) in [4.78, 5) is 17.7. The topological polar surface area (TPSA) is 60.2 Å². The van der Waals surface area contributed by atoms with Crippen LogP contribution in [-0.2, 0) is 11.4 Å². The molecule has 116 valence electrons. The molecule has 3 rings (SSSR count). The number of nitrogens with zero attached hydrogens (tertiary/aromatic N) is 4. The first-order valence-electron chi connectivity index (χ1n) is 7.15. The van der Waals surface area contributed by atoms with E-state index in [-0.39, 0.29) is 11.9 Å². The van der Waals surface area contributed by atoms with Gasteiger partial charge in [-0.05, 0) is 24.5 Å². The van der Waals surface area contributed by atoms with Gasteiger partial charge in [-0.25, -0.2) is 14.5 Å². The molecule has 1 aliphatic heterocycles. The molecule has 1 aromatic carbocycles. The van der Waals surface area contributed by atoms with Crippen molar-refractivity contribution in [3.05, 3.63) is 47.0 Å². The minimum atomic E-state index is -0.525. The lowest BCUT2D eigenvalue weighted by Gasteiger charge is -2.25. The van der Waals surface area contributed by atoms with Gasteiger partial charge in [-0.3, -0.25) is 4.90 Å². The smallest absolute Gasteiger partial charge is 0.377 e. The molecule has 22 heavy (non-hydrogen) atoms. The average Bonchev–Trinajstić information content (AvgIpc) is 3.17. The Balaban J connectivity index is 1.75. The molecular formula is C15H17ClN4O2. The van der Waals surface area contributed by atoms with E-state index in [1.54, 1.807) is 11.0 Å². The fourth-order valence-electron chi connectivity index (χ4n) is 2.83. The third-order valence-corrected chi connectivity index (χ3v) is 4.20. The highest BCUT2D eigenvalue weighted by molar-refractivity contribution is 6.31. The summed E-state index contributed by atoms with van der Waals surface area (Å²) < 4.78 is 6.27. The van der Waals surface area contributed by atoms with Crippen molar-refractivity contribution >= 4 is 17.6 Å². The number of esters is 1. The third-order valence-electron chi connectivity index (χ3n) is 3.86. The quantitative estimate of drug-likeness (QED) is 0.810. The molecule has 2 heterocycles. The number of ether oxygens (including phenoxy) is 1. The molecular weight excluding hydrogens is 304 g/mol. The van der Waals surface area contributed by atoms with E-state index in [9.17, 15) is 4.79 Å². The van der Waals surface area contributed by atoms with Crippen LogP contribution in [0.5, 0.6) is 0 Å². The lowest BCUT2D eigenvalue weighted by atomic mass is 10.0. The molecule has 7 heteroatoms. The predicted molar refractivity (Wildman–Crippen MR) is 81.5 cm³/mol. The van der Waals surface area contributed by atoms with E-state index in [1.165, 1.54) is 7.11 Å². The molecule has 0 amide bonds. The minimum absolute atomic E-state index is 0.0796. The van der Waals surface area contributed by atoms with Gasteiger partial charge in [-0.1, -0.05) is 29.8 Å². The summed E-state index contributed by atoms with van der Waals surface area (Å²) in [5.74, 6) is -0.446. The fraction of sp³-hybridized carbons (Fsp3) is 0.400. The van der Waals surface area contributed by atoms with Gasteiger partial charge >= 0.3 is 5.97 Å². The van der Waals surface area contributed by atoms with E-state index < -0.39 is 5.97 Å². The maximum atomic E-state index is 11.4. The monoisotopic (exact) mass is 320 g/mol. The van der Waals surface area contributed by atoms with Crippen molar-refractivity contribution in [3.8, 4) is 0 Å². The molecule has 0 aliphatic carbocycles. The predicted octanol–water partition coefficient (Wildman–Crippen LogP) is 2.51. The van der Waals surface area contributed by atoms with Gasteiger partial charge in [0.1, 0.15) is 6.33 Å². The Morgan fingerprint density at radius 2 is 2.27 bits per heavy atom. The van der Waals surface area contributed by atoms with Crippen LogP contribution in [0.3, 0.4) is 0 Å². The van der Waals surface area contributed by atoms with Crippen LogP contribution < -0.4 is 0 Å². The molecule has 0 spiro atoms. The zero-order valence-electron chi connectivity index (χ0n) is 12.3. The van der Waals surface area contributed by atoms with Crippen molar-refractivity contribution in [2.75, 3.05) is 13.7 Å². The summed E-state index contributed by atoms with van der Waals surface area (Å²) in [5.41, 5.74) is 1.13. The van der Waals surface area contributed by atoms with Crippen LogP contribution >= 0.6 is 11.6 Å². The summed E-state index contributed by atoms with van der Waals surface area (Å²) >= 11 is 6.31. The standard InChI is InChI=1S/C15H17ClN4O2/c1-22-15(21)14-17-9-20(18-14)10-19-8-4-7-13(19)11-5-2-3-6-12(11)16/h2-3,5-6,9,13H,4,7-8,10H2,1H3. The van der Waals surface area contributed by atoms with Crippen molar-refractivity contribution < 1.29 is 9.53 Å². The molecule has 1 atom stereocenters. The van der Waals surface area contributed by atoms with Crippen LogP contribution in [0.1, 0.15) is 35.1 Å². The van der Waals surface area contributed by atoms with E-state index in [4.69, 9.17) is 11.6 Å². The first-order valence-corrected chi connectivity index (χ1v) is 7.53. The molecule has 1 fully saturated rings. The maximum Gasteiger partial charge on any atom is 0.377 e. The van der Waals surface area contributed by atoms with Gasteiger partial charge in [0.2, 0.25) is 0 Å². The van der Waals surface area contributed by atoms with Crippen molar-refractivity contribution in [2.45, 2.75) is 25.6 Å². The summed E-state index contributed by atoms with van der Waals surface area (Å²) in [6.45, 7) is 1.53. The summed E-state index contributed by atoms with van der Waals surface area (Å²) in [6, 6.07) is 8.18. The van der Waals surface area contributed by atoms with E-state index in [0.717, 1.165) is 30.0 Å². The SMILES string of the molecule is COC(=O)c1ncn(CN2CCCC2c2ccccc2Cl)n1. The number of carbonyl (C=O) groups is 1. The number of halogens is 1. The van der Waals surface area contributed by atoms with Gasteiger partial charge in [0.05, 0.1) is 13.8 Å². The second kappa shape index (κ2) is 6.46. The summed E-state index contributed by atoms with van der Waals surface area (Å²) in [7, 11) is 1.32. The van der Waals surface area contributed by atoms with E-state index in [0.29, 0.717) is 6.67 Å². The van der Waals surface area contributed by atoms with Gasteiger partial charge < -0.3 is 4.74 Å². The van der Waals surface area contributed by atoms with Gasteiger partial charge in [-0.2, -0.15) is 0 Å². The van der Waals surface area contributed by atoms with Gasteiger partial charge in [0, 0.05) is 17.6 Å². The number of hydrogen-bond donors (Lipinski definition) is 0. The first kappa shape index (κ1) is 15.0. The van der Waals surface area contributed by atoms with Crippen LogP contribution in [0.15, 0.2) is 30.6 Å². The Labute approximate surface area is 133 Å². The molecule has 6 nitrogen and oxygen atoms in total. The van der Waals surface area contributed by atoms with Crippen LogP contribution in [0.25, 0.3) is 0 Å². The van der Waals surface area contributed by atoms with Crippen molar-refractivity contribution in [3.63, 3.8) is 0 Å². The molecule has 0 radical (unpaired) electrons. The number of rotatable bonds is 4. The number of likely N-dealkylation sites (tertiary alicyclic amines) is 1. The van der Waals surface area contributed by atoms with E-state index in [1.807, 2.05) is 18.2 Å². The number of carbonyl (C=O) groups excluding carboxylic acids is 1. The Hall–Kier alpha value is -1.92. The molecule has 1 aromatic heterocycles. The van der Waals surface area contributed by atoms with Gasteiger partial charge in [-0.15, -0.1) is 5.10 Å². The Kier molecular flexibility index (Phi) is 4.40. The van der Waals surface area contributed by atoms with Crippen molar-refractivity contribution in [2.24, 2.45) is 0 Å². The number of methoxy groups -OCH3 is 1. The number of hydrogen-bond acceptors (Lipinski definition) is 5. The molecule has 1 unspecified atom stereocenters. The van der Waals surface area contributed by atoms with E-state index >= 15 is 0 Å². The average molecular weight is 321 g/mol. The zero-order valence-corrected chi connectivity index (χ0v) is 13.0. The molecule has 0 saturated carbocycles. The highest BCUT2D eigenvalue weighted by Gasteiger charge is 2.28. The highest BCUT2D eigenvalue weighted by atomic mass is 35.5. The van der Waals surface area contributed by atoms with Gasteiger partial charge in [0.15, 0.2) is 0 Å². The number of benzene rings is 1. The largest absolute Gasteiger partial charge is 0.463 e. The fourth-order valence-corrected chi connectivity index (χ4v) is 3.09. The lowest BCUT2D eigenvalue weighted by Crippen LogP contribution is -2.26. The normalized spacial score (nSPS) is 18.5. The molecule has 2 aromatic rings. The van der Waals surface area contributed by atoms with Crippen LogP contribution in [0, 0.1) is 0 Å². The molecule has 1 aliphatic rings. The van der Waals surface area contributed by atoms with Crippen molar-refractivity contribution in [1.29, 1.82) is 0 Å².